The fraction of sp³-hybridized carbons (Fsp3) is 0.556. The first kappa shape index (κ1) is 13.8. The highest BCUT2D eigenvalue weighted by atomic mass is 32.2. The first-order valence-electron chi connectivity index (χ1n) is 4.37. The maximum Gasteiger partial charge on any atom is 0.408 e. The van der Waals surface area contributed by atoms with Gasteiger partial charge in [-0.3, -0.25) is 0 Å². The van der Waals surface area contributed by atoms with Gasteiger partial charge >= 0.3 is 12.1 Å². The number of carbonyl (C=O) groups is 2. The molecule has 0 radical (unpaired) electrons. The molecule has 0 aliphatic rings. The molecule has 0 saturated heterocycles. The number of rotatable bonds is 7. The molecule has 0 heterocycles. The van der Waals surface area contributed by atoms with Crippen molar-refractivity contribution in [1.82, 2.24) is 5.32 Å². The summed E-state index contributed by atoms with van der Waals surface area (Å²) in [5.41, 5.74) is 0. The van der Waals surface area contributed by atoms with E-state index in [-0.39, 0.29) is 6.61 Å². The van der Waals surface area contributed by atoms with Crippen LogP contribution < -0.4 is 5.32 Å². The highest BCUT2D eigenvalue weighted by Crippen LogP contribution is 2.01. The van der Waals surface area contributed by atoms with Gasteiger partial charge < -0.3 is 15.2 Å². The lowest BCUT2D eigenvalue weighted by atomic mass is 10.2. The Balaban J connectivity index is 3.98. The second kappa shape index (κ2) is 8.16. The predicted octanol–water partition coefficient (Wildman–Crippen LogP) is 1.10. The molecule has 0 fully saturated rings. The lowest BCUT2D eigenvalue weighted by molar-refractivity contribution is -0.139. The maximum absolute atomic E-state index is 11.0. The zero-order chi connectivity index (χ0) is 11.7. The van der Waals surface area contributed by atoms with Crippen molar-refractivity contribution >= 4 is 23.8 Å². The fourth-order valence-corrected chi connectivity index (χ4v) is 1.28. The molecular weight excluding hydrogens is 218 g/mol. The Morgan fingerprint density at radius 3 is 2.80 bits per heavy atom. The zero-order valence-electron chi connectivity index (χ0n) is 8.56. The summed E-state index contributed by atoms with van der Waals surface area (Å²) >= 11 is 1.52. The van der Waals surface area contributed by atoms with Crippen molar-refractivity contribution in [1.29, 1.82) is 0 Å². The van der Waals surface area contributed by atoms with E-state index in [4.69, 9.17) is 5.11 Å². The van der Waals surface area contributed by atoms with Gasteiger partial charge in [0.15, 0.2) is 0 Å². The minimum atomic E-state index is -1.06. The van der Waals surface area contributed by atoms with Crippen LogP contribution in [0.2, 0.25) is 0 Å². The van der Waals surface area contributed by atoms with Crippen LogP contribution in [0.4, 0.5) is 4.79 Å². The summed E-state index contributed by atoms with van der Waals surface area (Å²) in [5, 5.41) is 11.0. The van der Waals surface area contributed by atoms with Crippen LogP contribution in [0, 0.1) is 0 Å². The molecule has 6 heteroatoms. The second-order valence-corrected chi connectivity index (χ2v) is 3.69. The van der Waals surface area contributed by atoms with Crippen LogP contribution in [0.1, 0.15) is 6.42 Å². The number of alkyl carbamates (subject to hydrolysis) is 1. The molecule has 1 atom stereocenters. The topological polar surface area (TPSA) is 75.6 Å². The van der Waals surface area contributed by atoms with E-state index < -0.39 is 18.1 Å². The number of amides is 1. The predicted molar refractivity (Wildman–Crippen MR) is 59.1 cm³/mol. The Hall–Kier alpha value is -1.17. The zero-order valence-corrected chi connectivity index (χ0v) is 9.38. The average molecular weight is 233 g/mol. The summed E-state index contributed by atoms with van der Waals surface area (Å²) in [4.78, 5) is 21.7. The first-order chi connectivity index (χ1) is 7.11. The molecule has 0 saturated carbocycles. The standard InChI is InChI=1S/C9H15NO4S/c1-3-5-14-9(13)10-7(8(11)12)4-6-15-2/h3,7H,1,4-6H2,2H3,(H,10,13)(H,11,12)/t7-/m1/s1. The molecule has 0 aliphatic carbocycles. The number of hydrogen-bond donors (Lipinski definition) is 2. The van der Waals surface area contributed by atoms with Crippen molar-refractivity contribution < 1.29 is 19.4 Å². The van der Waals surface area contributed by atoms with Gasteiger partial charge in [-0.2, -0.15) is 11.8 Å². The van der Waals surface area contributed by atoms with Crippen molar-refractivity contribution in [2.24, 2.45) is 0 Å². The highest BCUT2D eigenvalue weighted by molar-refractivity contribution is 7.98. The quantitative estimate of drug-likeness (QED) is 0.644. The number of aliphatic carboxylic acids is 1. The van der Waals surface area contributed by atoms with Crippen LogP contribution in [-0.4, -0.2) is 41.8 Å². The molecule has 0 bridgehead atoms. The highest BCUT2D eigenvalue weighted by Gasteiger charge is 2.19. The molecule has 0 aromatic rings. The Bertz CT molecular complexity index is 232. The summed E-state index contributed by atoms with van der Waals surface area (Å²) in [6, 6.07) is -0.894. The van der Waals surface area contributed by atoms with E-state index in [0.717, 1.165) is 0 Å². The molecule has 0 aromatic carbocycles. The molecule has 0 aromatic heterocycles. The monoisotopic (exact) mass is 233 g/mol. The number of ether oxygens (including phenoxy) is 1. The van der Waals surface area contributed by atoms with Gasteiger partial charge in [-0.1, -0.05) is 12.7 Å². The van der Waals surface area contributed by atoms with Gasteiger partial charge in [0.05, 0.1) is 0 Å². The van der Waals surface area contributed by atoms with Crippen molar-refractivity contribution in [3.05, 3.63) is 12.7 Å². The normalized spacial score (nSPS) is 11.5. The van der Waals surface area contributed by atoms with Gasteiger partial charge in [-0.05, 0) is 18.4 Å². The van der Waals surface area contributed by atoms with Crippen LogP contribution in [-0.2, 0) is 9.53 Å². The van der Waals surface area contributed by atoms with E-state index >= 15 is 0 Å². The summed E-state index contributed by atoms with van der Waals surface area (Å²) in [6.45, 7) is 3.44. The molecule has 0 spiro atoms. The second-order valence-electron chi connectivity index (χ2n) is 2.70. The molecule has 0 rings (SSSR count). The third-order valence-corrected chi connectivity index (χ3v) is 2.18. The number of carboxylic acid groups (broad SMARTS) is 1. The maximum atomic E-state index is 11.0. The van der Waals surface area contributed by atoms with Crippen molar-refractivity contribution in [3.8, 4) is 0 Å². The SMILES string of the molecule is C=CCOC(=O)N[C@H](CCSC)C(=O)O. The van der Waals surface area contributed by atoms with Crippen molar-refractivity contribution in [3.63, 3.8) is 0 Å². The number of carboxylic acids is 1. The molecule has 2 N–H and O–H groups in total. The molecule has 0 unspecified atom stereocenters. The van der Waals surface area contributed by atoms with E-state index in [1.165, 1.54) is 17.8 Å². The van der Waals surface area contributed by atoms with Gasteiger partial charge in [0.2, 0.25) is 0 Å². The Labute approximate surface area is 92.9 Å². The largest absolute Gasteiger partial charge is 0.480 e. The molecule has 15 heavy (non-hydrogen) atoms. The molecule has 86 valence electrons. The van der Waals surface area contributed by atoms with E-state index in [9.17, 15) is 9.59 Å². The van der Waals surface area contributed by atoms with Gasteiger partial charge in [0.1, 0.15) is 12.6 Å². The number of carbonyl (C=O) groups excluding carboxylic acids is 1. The number of nitrogens with one attached hydrogen (secondary N) is 1. The van der Waals surface area contributed by atoms with Gasteiger partial charge in [0.25, 0.3) is 0 Å². The van der Waals surface area contributed by atoms with Crippen LogP contribution >= 0.6 is 11.8 Å². The van der Waals surface area contributed by atoms with Crippen molar-refractivity contribution in [2.45, 2.75) is 12.5 Å². The van der Waals surface area contributed by atoms with Gasteiger partial charge in [0, 0.05) is 0 Å². The molecule has 1 amide bonds. The molecule has 0 aliphatic heterocycles. The van der Waals surface area contributed by atoms with Gasteiger partial charge in [-0.15, -0.1) is 0 Å². The molecular formula is C9H15NO4S. The summed E-state index contributed by atoms with van der Waals surface area (Å²) in [5.74, 6) is -0.391. The summed E-state index contributed by atoms with van der Waals surface area (Å²) < 4.78 is 4.61. The smallest absolute Gasteiger partial charge is 0.408 e. The van der Waals surface area contributed by atoms with Gasteiger partial charge in [-0.25, -0.2) is 9.59 Å². The van der Waals surface area contributed by atoms with E-state index in [1.54, 1.807) is 0 Å². The summed E-state index contributed by atoms with van der Waals surface area (Å²) in [7, 11) is 0. The van der Waals surface area contributed by atoms with E-state index in [2.05, 4.69) is 16.6 Å². The Morgan fingerprint density at radius 2 is 2.33 bits per heavy atom. The minimum Gasteiger partial charge on any atom is -0.480 e. The summed E-state index contributed by atoms with van der Waals surface area (Å²) in [6.07, 6.45) is 2.93. The van der Waals surface area contributed by atoms with Crippen LogP contribution in [0.3, 0.4) is 0 Å². The fourth-order valence-electron chi connectivity index (χ4n) is 0.812. The Kier molecular flexibility index (Phi) is 7.53. The van der Waals surface area contributed by atoms with Crippen LogP contribution in [0.5, 0.6) is 0 Å². The number of thioether (sulfide) groups is 1. The third kappa shape index (κ3) is 6.84. The van der Waals surface area contributed by atoms with Crippen LogP contribution in [0.15, 0.2) is 12.7 Å². The van der Waals surface area contributed by atoms with Crippen LogP contribution in [0.25, 0.3) is 0 Å². The average Bonchev–Trinajstić information content (AvgIpc) is 2.20. The first-order valence-corrected chi connectivity index (χ1v) is 5.77. The third-order valence-electron chi connectivity index (χ3n) is 1.53. The number of hydrogen-bond acceptors (Lipinski definition) is 4. The lowest BCUT2D eigenvalue weighted by Gasteiger charge is -2.13. The molecule has 5 nitrogen and oxygen atoms in total. The van der Waals surface area contributed by atoms with E-state index in [0.29, 0.717) is 12.2 Å². The van der Waals surface area contributed by atoms with Crippen molar-refractivity contribution in [2.75, 3.05) is 18.6 Å². The Morgan fingerprint density at radius 1 is 1.67 bits per heavy atom. The lowest BCUT2D eigenvalue weighted by Crippen LogP contribution is -2.41. The minimum absolute atomic E-state index is 0.0701. The van der Waals surface area contributed by atoms with E-state index in [1.807, 2.05) is 6.26 Å².